The maximum absolute atomic E-state index is 12.5. The van der Waals surface area contributed by atoms with E-state index in [1.807, 2.05) is 0 Å². The lowest BCUT2D eigenvalue weighted by atomic mass is 10.1. The standard InChI is InChI=1S/C16H9N3O5/c17-8-10-5-9-6-14(20)15(21)7-13(9)18(16(10)22)11-1-3-12(4-2-11)19(23)24/h1-7,20-21H. The van der Waals surface area contributed by atoms with Crippen LogP contribution in [0.3, 0.4) is 0 Å². The first kappa shape index (κ1) is 15.1. The first-order valence-corrected chi connectivity index (χ1v) is 6.69. The SMILES string of the molecule is N#Cc1cc2cc(O)c(O)cc2n(-c2ccc([N+](=O)[O-])cc2)c1=O. The molecule has 2 aromatic carbocycles. The van der Waals surface area contributed by atoms with Crippen molar-refractivity contribution in [2.24, 2.45) is 0 Å². The summed E-state index contributed by atoms with van der Waals surface area (Å²) in [6, 6.07) is 10.7. The molecule has 118 valence electrons. The predicted molar refractivity (Wildman–Crippen MR) is 84.2 cm³/mol. The zero-order valence-corrected chi connectivity index (χ0v) is 12.0. The van der Waals surface area contributed by atoms with Gasteiger partial charge in [-0.1, -0.05) is 0 Å². The molecule has 0 bridgehead atoms. The van der Waals surface area contributed by atoms with Crippen LogP contribution in [0.15, 0.2) is 47.3 Å². The van der Waals surface area contributed by atoms with Crippen LogP contribution in [0.25, 0.3) is 16.6 Å². The van der Waals surface area contributed by atoms with Crippen LogP contribution in [0.4, 0.5) is 5.69 Å². The summed E-state index contributed by atoms with van der Waals surface area (Å²) in [5.74, 6) is -0.817. The minimum absolute atomic E-state index is 0.145. The van der Waals surface area contributed by atoms with E-state index in [1.54, 1.807) is 6.07 Å². The fraction of sp³-hybridized carbons (Fsp3) is 0. The van der Waals surface area contributed by atoms with E-state index in [2.05, 4.69) is 0 Å². The molecule has 0 fully saturated rings. The van der Waals surface area contributed by atoms with Crippen molar-refractivity contribution in [1.29, 1.82) is 5.26 Å². The Morgan fingerprint density at radius 2 is 1.71 bits per heavy atom. The van der Waals surface area contributed by atoms with Crippen molar-refractivity contribution in [2.75, 3.05) is 0 Å². The highest BCUT2D eigenvalue weighted by Gasteiger charge is 2.14. The molecule has 8 nitrogen and oxygen atoms in total. The third-order valence-electron chi connectivity index (χ3n) is 3.54. The number of non-ortho nitro benzene ring substituents is 1. The number of fused-ring (bicyclic) bond motifs is 1. The molecule has 0 aliphatic heterocycles. The summed E-state index contributed by atoms with van der Waals surface area (Å²) < 4.78 is 1.15. The second-order valence-corrected chi connectivity index (χ2v) is 4.98. The summed E-state index contributed by atoms with van der Waals surface area (Å²) in [5, 5.41) is 39.5. The number of nitro groups is 1. The number of phenolic OH excluding ortho intramolecular Hbond substituents is 2. The van der Waals surface area contributed by atoms with Crippen molar-refractivity contribution in [2.45, 2.75) is 0 Å². The number of benzene rings is 2. The number of hydrogen-bond donors (Lipinski definition) is 2. The highest BCUT2D eigenvalue weighted by Crippen LogP contribution is 2.31. The molecule has 1 heterocycles. The lowest BCUT2D eigenvalue weighted by Gasteiger charge is -2.12. The van der Waals surface area contributed by atoms with Crippen LogP contribution in [0, 0.1) is 21.4 Å². The molecule has 0 atom stereocenters. The van der Waals surface area contributed by atoms with Gasteiger partial charge in [0.1, 0.15) is 11.6 Å². The summed E-state index contributed by atoms with van der Waals surface area (Å²) in [7, 11) is 0. The number of hydrogen-bond acceptors (Lipinski definition) is 6. The third kappa shape index (κ3) is 2.30. The van der Waals surface area contributed by atoms with Gasteiger partial charge in [-0.05, 0) is 24.3 Å². The van der Waals surface area contributed by atoms with E-state index in [0.29, 0.717) is 5.39 Å². The maximum Gasteiger partial charge on any atom is 0.273 e. The molecule has 2 N–H and O–H groups in total. The molecule has 3 aromatic rings. The largest absolute Gasteiger partial charge is 0.504 e. The first-order valence-electron chi connectivity index (χ1n) is 6.69. The molecule has 0 unspecified atom stereocenters. The Balaban J connectivity index is 2.39. The first-order chi connectivity index (χ1) is 11.4. The van der Waals surface area contributed by atoms with Gasteiger partial charge in [0.25, 0.3) is 11.2 Å². The van der Waals surface area contributed by atoms with E-state index in [1.165, 1.54) is 42.5 Å². The normalized spacial score (nSPS) is 10.5. The molecular weight excluding hydrogens is 314 g/mol. The van der Waals surface area contributed by atoms with E-state index >= 15 is 0 Å². The Kier molecular flexibility index (Phi) is 3.39. The Morgan fingerprint density at radius 3 is 2.29 bits per heavy atom. The smallest absolute Gasteiger partial charge is 0.273 e. The number of nitriles is 1. The summed E-state index contributed by atoms with van der Waals surface area (Å²) in [6.45, 7) is 0. The van der Waals surface area contributed by atoms with Crippen LogP contribution in [0.2, 0.25) is 0 Å². The van der Waals surface area contributed by atoms with Crippen LogP contribution >= 0.6 is 0 Å². The predicted octanol–water partition coefficient (Wildman–Crippen LogP) is 2.18. The summed E-state index contributed by atoms with van der Waals surface area (Å²) in [4.78, 5) is 22.7. The maximum atomic E-state index is 12.5. The van der Waals surface area contributed by atoms with Crippen molar-refractivity contribution < 1.29 is 15.1 Å². The minimum atomic E-state index is -0.635. The summed E-state index contributed by atoms with van der Waals surface area (Å²) in [5.41, 5.74) is -0.399. The van der Waals surface area contributed by atoms with Gasteiger partial charge in [0.15, 0.2) is 11.5 Å². The average Bonchev–Trinajstić information content (AvgIpc) is 2.56. The zero-order chi connectivity index (χ0) is 17.4. The molecule has 8 heteroatoms. The third-order valence-corrected chi connectivity index (χ3v) is 3.54. The van der Waals surface area contributed by atoms with Gasteiger partial charge in [0.2, 0.25) is 0 Å². The van der Waals surface area contributed by atoms with Crippen molar-refractivity contribution in [3.05, 3.63) is 68.5 Å². The van der Waals surface area contributed by atoms with E-state index in [0.717, 1.165) is 4.57 Å². The zero-order valence-electron chi connectivity index (χ0n) is 12.0. The van der Waals surface area contributed by atoms with Crippen LogP contribution < -0.4 is 5.56 Å². The molecule has 0 aliphatic rings. The van der Waals surface area contributed by atoms with Crippen LogP contribution in [-0.4, -0.2) is 19.7 Å². The number of nitrogens with zero attached hydrogens (tertiary/aromatic N) is 3. The average molecular weight is 323 g/mol. The van der Waals surface area contributed by atoms with Gasteiger partial charge in [0.05, 0.1) is 10.4 Å². The van der Waals surface area contributed by atoms with Gasteiger partial charge < -0.3 is 10.2 Å². The van der Waals surface area contributed by atoms with Crippen LogP contribution in [-0.2, 0) is 0 Å². The van der Waals surface area contributed by atoms with Gasteiger partial charge in [-0.2, -0.15) is 5.26 Å². The molecule has 0 saturated carbocycles. The Bertz CT molecular complexity index is 1080. The van der Waals surface area contributed by atoms with Gasteiger partial charge >= 0.3 is 0 Å². The topological polar surface area (TPSA) is 129 Å². The van der Waals surface area contributed by atoms with Crippen molar-refractivity contribution in [1.82, 2.24) is 4.57 Å². The van der Waals surface area contributed by atoms with E-state index < -0.39 is 16.2 Å². The van der Waals surface area contributed by atoms with Crippen molar-refractivity contribution in [3.8, 4) is 23.3 Å². The quantitative estimate of drug-likeness (QED) is 0.422. The van der Waals surface area contributed by atoms with E-state index in [9.17, 15) is 25.1 Å². The second-order valence-electron chi connectivity index (χ2n) is 4.98. The molecule has 0 radical (unpaired) electrons. The number of nitro benzene ring substituents is 1. The number of aromatic hydroxyl groups is 2. The Morgan fingerprint density at radius 1 is 1.08 bits per heavy atom. The fourth-order valence-corrected chi connectivity index (χ4v) is 2.40. The summed E-state index contributed by atoms with van der Waals surface area (Å²) in [6.07, 6.45) is 0. The number of rotatable bonds is 2. The van der Waals surface area contributed by atoms with Gasteiger partial charge in [0, 0.05) is 29.3 Å². The van der Waals surface area contributed by atoms with Crippen molar-refractivity contribution >= 4 is 16.6 Å². The lowest BCUT2D eigenvalue weighted by Crippen LogP contribution is -2.21. The summed E-state index contributed by atoms with van der Waals surface area (Å²) >= 11 is 0. The fourth-order valence-electron chi connectivity index (χ4n) is 2.40. The molecule has 0 spiro atoms. The molecule has 0 saturated heterocycles. The number of phenols is 2. The van der Waals surface area contributed by atoms with Crippen LogP contribution in [0.5, 0.6) is 11.5 Å². The van der Waals surface area contributed by atoms with Crippen LogP contribution in [0.1, 0.15) is 5.56 Å². The Hall–Kier alpha value is -3.86. The lowest BCUT2D eigenvalue weighted by molar-refractivity contribution is -0.384. The monoisotopic (exact) mass is 323 g/mol. The molecule has 3 rings (SSSR count). The second kappa shape index (κ2) is 5.40. The number of pyridine rings is 1. The molecule has 0 amide bonds. The van der Waals surface area contributed by atoms with E-state index in [4.69, 9.17) is 5.26 Å². The molecule has 0 aliphatic carbocycles. The van der Waals surface area contributed by atoms with Gasteiger partial charge in [-0.15, -0.1) is 0 Å². The molecule has 1 aromatic heterocycles. The van der Waals surface area contributed by atoms with Crippen molar-refractivity contribution in [3.63, 3.8) is 0 Å². The Labute approximate surface area is 134 Å². The van der Waals surface area contributed by atoms with Gasteiger partial charge in [-0.25, -0.2) is 0 Å². The van der Waals surface area contributed by atoms with Gasteiger partial charge in [-0.3, -0.25) is 19.5 Å². The minimum Gasteiger partial charge on any atom is -0.504 e. The molecule has 24 heavy (non-hydrogen) atoms. The molecular formula is C16H9N3O5. The number of aromatic nitrogens is 1. The van der Waals surface area contributed by atoms with E-state index in [-0.39, 0.29) is 28.2 Å². The highest BCUT2D eigenvalue weighted by atomic mass is 16.6. The highest BCUT2D eigenvalue weighted by molar-refractivity contribution is 5.85.